The molecule has 0 saturated carbocycles. The van der Waals surface area contributed by atoms with E-state index in [1.807, 2.05) is 24.3 Å². The Hall–Kier alpha value is -3.19. The fraction of sp³-hybridized carbons (Fsp3) is 0.348. The summed E-state index contributed by atoms with van der Waals surface area (Å²) in [7, 11) is 1.57. The molecule has 4 aliphatic rings. The van der Waals surface area contributed by atoms with Crippen molar-refractivity contribution in [2.75, 3.05) is 23.9 Å². The zero-order valence-electron chi connectivity index (χ0n) is 16.6. The van der Waals surface area contributed by atoms with E-state index in [-0.39, 0.29) is 23.8 Å². The number of ether oxygens (including phenoxy) is 1. The van der Waals surface area contributed by atoms with Gasteiger partial charge in [-0.1, -0.05) is 18.2 Å². The lowest BCUT2D eigenvalue weighted by Crippen LogP contribution is -3.19. The molecule has 4 heterocycles. The van der Waals surface area contributed by atoms with E-state index in [1.54, 1.807) is 31.4 Å². The first-order chi connectivity index (χ1) is 14.6. The number of carbonyl (C=O) groups excluding carboxylic acids is 3. The number of nitrogens with one attached hydrogen (secondary N) is 2. The molecule has 3 fully saturated rings. The Kier molecular flexibility index (Phi) is 3.48. The van der Waals surface area contributed by atoms with Crippen molar-refractivity contribution < 1.29 is 24.0 Å². The highest BCUT2D eigenvalue weighted by atomic mass is 16.5. The number of amides is 3. The van der Waals surface area contributed by atoms with Gasteiger partial charge in [0.2, 0.25) is 17.4 Å². The molecule has 3 saturated heterocycles. The Balaban J connectivity index is 1.52. The Morgan fingerprint density at radius 2 is 1.83 bits per heavy atom. The summed E-state index contributed by atoms with van der Waals surface area (Å²) in [5.74, 6) is -1.12. The summed E-state index contributed by atoms with van der Waals surface area (Å²) in [6.07, 6.45) is 1.80. The quantitative estimate of drug-likeness (QED) is 0.723. The maximum absolute atomic E-state index is 13.8. The lowest BCUT2D eigenvalue weighted by molar-refractivity contribution is -0.948. The van der Waals surface area contributed by atoms with Crippen molar-refractivity contribution >= 4 is 29.1 Å². The Morgan fingerprint density at radius 3 is 2.60 bits per heavy atom. The lowest BCUT2D eigenvalue weighted by Gasteiger charge is -2.33. The number of rotatable bonds is 2. The average molecular weight is 404 g/mol. The molecule has 30 heavy (non-hydrogen) atoms. The molecule has 0 aliphatic carbocycles. The predicted molar refractivity (Wildman–Crippen MR) is 108 cm³/mol. The topological polar surface area (TPSA) is 80.1 Å². The maximum atomic E-state index is 13.8. The van der Waals surface area contributed by atoms with Gasteiger partial charge in [0, 0.05) is 18.4 Å². The summed E-state index contributed by atoms with van der Waals surface area (Å²) < 4.78 is 5.20. The first kappa shape index (κ1) is 17.7. The Labute approximate surface area is 173 Å². The van der Waals surface area contributed by atoms with Gasteiger partial charge in [-0.15, -0.1) is 0 Å². The number of para-hydroxylation sites is 1. The van der Waals surface area contributed by atoms with Gasteiger partial charge in [-0.2, -0.15) is 0 Å². The molecule has 0 radical (unpaired) electrons. The zero-order chi connectivity index (χ0) is 20.6. The molecular weight excluding hydrogens is 382 g/mol. The van der Waals surface area contributed by atoms with Crippen molar-refractivity contribution in [2.45, 2.75) is 24.4 Å². The molecule has 7 heteroatoms. The molecule has 2 N–H and O–H groups in total. The van der Waals surface area contributed by atoms with Crippen molar-refractivity contribution in [2.24, 2.45) is 11.8 Å². The second-order valence-electron chi connectivity index (χ2n) is 8.55. The highest BCUT2D eigenvalue weighted by Gasteiger charge is 2.78. The van der Waals surface area contributed by atoms with E-state index >= 15 is 0 Å². The molecule has 152 valence electrons. The van der Waals surface area contributed by atoms with E-state index in [1.165, 1.54) is 4.90 Å². The van der Waals surface area contributed by atoms with Crippen LogP contribution in [0.2, 0.25) is 0 Å². The monoisotopic (exact) mass is 404 g/mol. The number of anilines is 2. The van der Waals surface area contributed by atoms with Crippen LogP contribution in [0.3, 0.4) is 0 Å². The van der Waals surface area contributed by atoms with Crippen molar-refractivity contribution in [3.8, 4) is 5.75 Å². The number of quaternary nitrogens is 1. The molecule has 2 aromatic carbocycles. The van der Waals surface area contributed by atoms with Crippen LogP contribution < -0.4 is 19.9 Å². The zero-order valence-corrected chi connectivity index (χ0v) is 16.6. The fourth-order valence-electron chi connectivity index (χ4n) is 6.40. The summed E-state index contributed by atoms with van der Waals surface area (Å²) in [5.41, 5.74) is 1.10. The number of hydrogen-bond donors (Lipinski definition) is 2. The van der Waals surface area contributed by atoms with Crippen LogP contribution in [-0.2, 0) is 19.9 Å². The van der Waals surface area contributed by atoms with E-state index in [0.717, 1.165) is 35.5 Å². The predicted octanol–water partition coefficient (Wildman–Crippen LogP) is 0.709. The minimum Gasteiger partial charge on any atom is -0.497 e. The van der Waals surface area contributed by atoms with E-state index in [2.05, 4.69) is 5.32 Å². The van der Waals surface area contributed by atoms with Crippen molar-refractivity contribution in [1.29, 1.82) is 0 Å². The lowest BCUT2D eigenvalue weighted by atomic mass is 9.75. The number of benzene rings is 2. The number of nitrogens with zero attached hydrogens (tertiary/aromatic N) is 1. The average Bonchev–Trinajstić information content (AvgIpc) is 3.46. The van der Waals surface area contributed by atoms with E-state index in [4.69, 9.17) is 4.74 Å². The molecule has 1 spiro atoms. The summed E-state index contributed by atoms with van der Waals surface area (Å²) >= 11 is 0. The molecular formula is C23H22N3O4+. The molecule has 4 aliphatic heterocycles. The Morgan fingerprint density at radius 1 is 1.07 bits per heavy atom. The van der Waals surface area contributed by atoms with Gasteiger partial charge in [-0.25, -0.2) is 4.90 Å². The smallest absolute Gasteiger partial charge is 0.291 e. The van der Waals surface area contributed by atoms with Gasteiger partial charge in [0.05, 0.1) is 25.0 Å². The molecule has 0 aromatic heterocycles. The highest BCUT2D eigenvalue weighted by molar-refractivity contribution is 6.25. The van der Waals surface area contributed by atoms with Crippen molar-refractivity contribution in [3.63, 3.8) is 0 Å². The van der Waals surface area contributed by atoms with E-state index < -0.39 is 17.4 Å². The van der Waals surface area contributed by atoms with Crippen LogP contribution in [0.1, 0.15) is 18.4 Å². The molecule has 0 bridgehead atoms. The number of carbonyl (C=O) groups is 3. The largest absolute Gasteiger partial charge is 0.497 e. The number of hydrogen-bond acceptors (Lipinski definition) is 4. The second-order valence-corrected chi connectivity index (χ2v) is 8.55. The summed E-state index contributed by atoms with van der Waals surface area (Å²) in [4.78, 5) is 43.2. The van der Waals surface area contributed by atoms with Gasteiger partial charge >= 0.3 is 0 Å². The van der Waals surface area contributed by atoms with Gasteiger partial charge in [0.15, 0.2) is 0 Å². The highest BCUT2D eigenvalue weighted by Crippen LogP contribution is 2.52. The normalized spacial score (nSPS) is 33.6. The van der Waals surface area contributed by atoms with Crippen LogP contribution in [-0.4, -0.2) is 37.4 Å². The first-order valence-corrected chi connectivity index (χ1v) is 10.4. The number of imide groups is 1. The van der Waals surface area contributed by atoms with Gasteiger partial charge in [-0.05, 0) is 30.3 Å². The minimum absolute atomic E-state index is 0.0217. The summed E-state index contributed by atoms with van der Waals surface area (Å²) in [6.45, 7) is 0.794. The molecule has 5 atom stereocenters. The van der Waals surface area contributed by atoms with Crippen LogP contribution in [0.4, 0.5) is 11.4 Å². The second kappa shape index (κ2) is 5.92. The Bertz CT molecular complexity index is 1100. The van der Waals surface area contributed by atoms with Crippen molar-refractivity contribution in [1.82, 2.24) is 0 Å². The van der Waals surface area contributed by atoms with Gasteiger partial charge in [-0.3, -0.25) is 14.4 Å². The SMILES string of the molecule is COc1ccc(N2C(=O)[C@H]3[C@@H](C2=O)[C@]2(C(=O)Nc4ccccc42)[NH+]2CCC[C@@H]32)cc1. The molecule has 2 aromatic rings. The van der Waals surface area contributed by atoms with Gasteiger partial charge in [0.25, 0.3) is 5.91 Å². The molecule has 3 amide bonds. The van der Waals surface area contributed by atoms with Gasteiger partial charge in [0.1, 0.15) is 23.6 Å². The third kappa shape index (κ3) is 1.91. The molecule has 7 nitrogen and oxygen atoms in total. The van der Waals surface area contributed by atoms with E-state index in [0.29, 0.717) is 11.4 Å². The van der Waals surface area contributed by atoms with E-state index in [9.17, 15) is 14.4 Å². The van der Waals surface area contributed by atoms with Crippen LogP contribution >= 0.6 is 0 Å². The molecule has 6 rings (SSSR count). The minimum atomic E-state index is -1.03. The first-order valence-electron chi connectivity index (χ1n) is 10.4. The van der Waals surface area contributed by atoms with Crippen LogP contribution in [0.25, 0.3) is 0 Å². The third-order valence-electron chi connectivity index (χ3n) is 7.46. The van der Waals surface area contributed by atoms with Gasteiger partial charge < -0.3 is 15.0 Å². The standard InChI is InChI=1S/C23H21N3O4/c1-30-14-10-8-13(9-11-14)26-20(27)18-17-7-4-12-25(17)23(19(18)21(26)28)15-5-2-3-6-16(15)24-22(23)29/h2-3,5-6,8-11,17-19H,4,7,12H2,1H3,(H,24,29)/p+1/t17-,18+,19-,23+/m0/s1. The number of methoxy groups -OCH3 is 1. The van der Waals surface area contributed by atoms with Crippen LogP contribution in [0.15, 0.2) is 48.5 Å². The van der Waals surface area contributed by atoms with Crippen molar-refractivity contribution in [3.05, 3.63) is 54.1 Å². The summed E-state index contributed by atoms with van der Waals surface area (Å²) in [5, 5.41) is 3.00. The fourth-order valence-corrected chi connectivity index (χ4v) is 6.40. The van der Waals surface area contributed by atoms with Crippen LogP contribution in [0, 0.1) is 11.8 Å². The molecule has 1 unspecified atom stereocenters. The number of fused-ring (bicyclic) bond motifs is 7. The third-order valence-corrected chi connectivity index (χ3v) is 7.46. The van der Waals surface area contributed by atoms with Crippen LogP contribution in [0.5, 0.6) is 5.75 Å². The maximum Gasteiger partial charge on any atom is 0.291 e. The summed E-state index contributed by atoms with van der Waals surface area (Å²) in [6, 6.07) is 14.5.